The Morgan fingerprint density at radius 3 is 2.87 bits per heavy atom. The molecule has 0 aliphatic carbocycles. The van der Waals surface area contributed by atoms with Gasteiger partial charge in [-0.2, -0.15) is 0 Å². The number of esters is 2. The molecule has 0 amide bonds. The van der Waals surface area contributed by atoms with Crippen LogP contribution in [0.4, 0.5) is 0 Å². The first kappa shape index (κ1) is 17.0. The quantitative estimate of drug-likeness (QED) is 0.634. The lowest BCUT2D eigenvalue weighted by molar-refractivity contribution is -0.150. The summed E-state index contributed by atoms with van der Waals surface area (Å²) in [5, 5.41) is 9.49. The molecule has 1 saturated heterocycles. The second-order valence-electron chi connectivity index (χ2n) is 5.33. The molecule has 0 spiro atoms. The Kier molecular flexibility index (Phi) is 5.39. The number of cyclic esters (lactones) is 1. The van der Waals surface area contributed by atoms with E-state index in [1.165, 1.54) is 14.0 Å². The highest BCUT2D eigenvalue weighted by molar-refractivity contribution is 5.96. The van der Waals surface area contributed by atoms with Crippen molar-refractivity contribution in [2.24, 2.45) is 0 Å². The van der Waals surface area contributed by atoms with Gasteiger partial charge in [-0.05, 0) is 25.0 Å². The minimum absolute atomic E-state index is 0.133. The number of hydrogen-bond acceptors (Lipinski definition) is 6. The number of allylic oxidation sites excluding steroid dienone is 1. The van der Waals surface area contributed by atoms with Gasteiger partial charge in [0, 0.05) is 6.42 Å². The summed E-state index contributed by atoms with van der Waals surface area (Å²) in [4.78, 5) is 24.3. The third kappa shape index (κ3) is 3.71. The molecule has 3 atom stereocenters. The topological polar surface area (TPSA) is 82.1 Å². The van der Waals surface area contributed by atoms with Crippen LogP contribution in [0.2, 0.25) is 0 Å². The fraction of sp³-hybridized carbons (Fsp3) is 0.412. The van der Waals surface area contributed by atoms with Crippen LogP contribution in [0.3, 0.4) is 0 Å². The number of carbonyl (C=O) groups is 2. The Morgan fingerprint density at radius 1 is 1.57 bits per heavy atom. The molecule has 6 heteroatoms. The lowest BCUT2D eigenvalue weighted by Crippen LogP contribution is -2.24. The van der Waals surface area contributed by atoms with Crippen LogP contribution in [0, 0.1) is 0 Å². The SMILES string of the molecule is C=CCc1cccc(OC)c1C(=O)O[C@@H]1C[C@H]([C@H](C)O)OC1=O. The van der Waals surface area contributed by atoms with E-state index in [4.69, 9.17) is 14.2 Å². The largest absolute Gasteiger partial charge is 0.496 e. The van der Waals surface area contributed by atoms with Gasteiger partial charge in [0.25, 0.3) is 0 Å². The third-order valence-corrected chi connectivity index (χ3v) is 3.66. The summed E-state index contributed by atoms with van der Waals surface area (Å²) in [6.45, 7) is 5.18. The summed E-state index contributed by atoms with van der Waals surface area (Å²) in [5.41, 5.74) is 0.964. The van der Waals surface area contributed by atoms with Gasteiger partial charge >= 0.3 is 11.9 Å². The van der Waals surface area contributed by atoms with Crippen LogP contribution in [-0.2, 0) is 20.7 Å². The number of hydrogen-bond donors (Lipinski definition) is 1. The smallest absolute Gasteiger partial charge is 0.347 e. The van der Waals surface area contributed by atoms with E-state index in [-0.39, 0.29) is 12.0 Å². The minimum atomic E-state index is -1.02. The summed E-state index contributed by atoms with van der Waals surface area (Å²) in [6.07, 6.45) is -0.237. The average molecular weight is 320 g/mol. The van der Waals surface area contributed by atoms with Crippen molar-refractivity contribution in [1.82, 2.24) is 0 Å². The molecule has 0 bridgehead atoms. The maximum atomic E-state index is 12.5. The number of carbonyl (C=O) groups excluding carboxylic acids is 2. The molecular weight excluding hydrogens is 300 g/mol. The predicted octanol–water partition coefficient (Wildman–Crippen LogP) is 1.65. The monoisotopic (exact) mass is 320 g/mol. The highest BCUT2D eigenvalue weighted by Crippen LogP contribution is 2.27. The number of methoxy groups -OCH3 is 1. The van der Waals surface area contributed by atoms with E-state index in [2.05, 4.69) is 6.58 Å². The molecule has 1 aliphatic heterocycles. The van der Waals surface area contributed by atoms with Gasteiger partial charge in [-0.1, -0.05) is 18.2 Å². The Bertz CT molecular complexity index is 607. The fourth-order valence-electron chi connectivity index (χ4n) is 2.46. The van der Waals surface area contributed by atoms with Crippen LogP contribution in [0.15, 0.2) is 30.9 Å². The molecule has 6 nitrogen and oxygen atoms in total. The van der Waals surface area contributed by atoms with Gasteiger partial charge in [-0.25, -0.2) is 9.59 Å². The first-order chi connectivity index (χ1) is 11.0. The molecule has 0 unspecified atom stereocenters. The van der Waals surface area contributed by atoms with Gasteiger partial charge in [0.1, 0.15) is 17.4 Å². The number of ether oxygens (including phenoxy) is 3. The van der Waals surface area contributed by atoms with E-state index in [9.17, 15) is 14.7 Å². The van der Waals surface area contributed by atoms with Crippen molar-refractivity contribution in [3.8, 4) is 5.75 Å². The van der Waals surface area contributed by atoms with Crippen LogP contribution in [0.1, 0.15) is 29.3 Å². The average Bonchev–Trinajstić information content (AvgIpc) is 2.88. The van der Waals surface area contributed by atoms with Crippen molar-refractivity contribution in [1.29, 1.82) is 0 Å². The van der Waals surface area contributed by atoms with Crippen molar-refractivity contribution < 1.29 is 28.9 Å². The molecule has 0 saturated carbocycles. The Labute approximate surface area is 134 Å². The third-order valence-electron chi connectivity index (χ3n) is 3.66. The fourth-order valence-corrected chi connectivity index (χ4v) is 2.46. The van der Waals surface area contributed by atoms with Crippen LogP contribution in [0.5, 0.6) is 5.75 Å². The van der Waals surface area contributed by atoms with Gasteiger partial charge in [0.15, 0.2) is 0 Å². The van der Waals surface area contributed by atoms with Crippen LogP contribution < -0.4 is 4.74 Å². The van der Waals surface area contributed by atoms with Gasteiger partial charge in [0.2, 0.25) is 6.10 Å². The molecule has 0 aromatic heterocycles. The van der Waals surface area contributed by atoms with Crippen molar-refractivity contribution in [3.63, 3.8) is 0 Å². The highest BCUT2D eigenvalue weighted by Gasteiger charge is 2.40. The summed E-state index contributed by atoms with van der Waals surface area (Å²) in [6, 6.07) is 5.18. The van der Waals surface area contributed by atoms with Crippen molar-refractivity contribution in [2.75, 3.05) is 7.11 Å². The Morgan fingerprint density at radius 2 is 2.30 bits per heavy atom. The van der Waals surface area contributed by atoms with Crippen LogP contribution in [-0.4, -0.2) is 42.5 Å². The molecule has 1 aliphatic rings. The van der Waals surface area contributed by atoms with E-state index in [1.54, 1.807) is 24.3 Å². The van der Waals surface area contributed by atoms with Crippen molar-refractivity contribution >= 4 is 11.9 Å². The molecular formula is C17H20O6. The molecule has 1 heterocycles. The van der Waals surface area contributed by atoms with Gasteiger partial charge < -0.3 is 19.3 Å². The second kappa shape index (κ2) is 7.28. The second-order valence-corrected chi connectivity index (χ2v) is 5.33. The van der Waals surface area contributed by atoms with E-state index < -0.39 is 30.3 Å². The standard InChI is InChI=1S/C17H20O6/c1-4-6-11-7-5-8-12(21-3)15(11)17(20)23-14-9-13(10(2)18)22-16(14)19/h4-5,7-8,10,13-14,18H,1,6,9H2,2-3H3/t10-,13+,14+/m0/s1. The van der Waals surface area contributed by atoms with E-state index in [0.717, 1.165) is 0 Å². The van der Waals surface area contributed by atoms with Crippen LogP contribution >= 0.6 is 0 Å². The van der Waals surface area contributed by atoms with E-state index in [1.807, 2.05) is 0 Å². The summed E-state index contributed by atoms with van der Waals surface area (Å²) in [5.74, 6) is -0.940. The minimum Gasteiger partial charge on any atom is -0.496 e. The molecule has 1 aromatic rings. The Hall–Kier alpha value is -2.34. The van der Waals surface area contributed by atoms with Crippen molar-refractivity contribution in [2.45, 2.75) is 38.1 Å². The van der Waals surface area contributed by atoms with E-state index >= 15 is 0 Å². The highest BCUT2D eigenvalue weighted by atomic mass is 16.6. The molecule has 23 heavy (non-hydrogen) atoms. The molecule has 1 fully saturated rings. The lowest BCUT2D eigenvalue weighted by atomic mass is 10.0. The lowest BCUT2D eigenvalue weighted by Gasteiger charge is -2.14. The Balaban J connectivity index is 2.21. The summed E-state index contributed by atoms with van der Waals surface area (Å²) >= 11 is 0. The first-order valence-corrected chi connectivity index (χ1v) is 7.34. The number of aliphatic hydroxyl groups is 1. The zero-order chi connectivity index (χ0) is 17.0. The van der Waals surface area contributed by atoms with Crippen molar-refractivity contribution in [3.05, 3.63) is 42.0 Å². The molecule has 1 aromatic carbocycles. The summed E-state index contributed by atoms with van der Waals surface area (Å²) in [7, 11) is 1.46. The molecule has 0 radical (unpaired) electrons. The van der Waals surface area contributed by atoms with Gasteiger partial charge in [-0.3, -0.25) is 0 Å². The molecule has 2 rings (SSSR count). The maximum absolute atomic E-state index is 12.5. The normalized spacial score (nSPS) is 21.4. The summed E-state index contributed by atoms with van der Waals surface area (Å²) < 4.78 is 15.5. The molecule has 124 valence electrons. The zero-order valence-corrected chi connectivity index (χ0v) is 13.2. The number of aliphatic hydroxyl groups excluding tert-OH is 1. The zero-order valence-electron chi connectivity index (χ0n) is 13.2. The van der Waals surface area contributed by atoms with E-state index in [0.29, 0.717) is 17.7 Å². The van der Waals surface area contributed by atoms with Gasteiger partial charge in [-0.15, -0.1) is 6.58 Å². The predicted molar refractivity (Wildman–Crippen MR) is 82.3 cm³/mol. The van der Waals surface area contributed by atoms with Crippen LogP contribution in [0.25, 0.3) is 0 Å². The maximum Gasteiger partial charge on any atom is 0.347 e. The number of rotatable bonds is 6. The van der Waals surface area contributed by atoms with Gasteiger partial charge in [0.05, 0.1) is 13.2 Å². The first-order valence-electron chi connectivity index (χ1n) is 7.34. The number of benzene rings is 1. The molecule has 1 N–H and O–H groups in total.